The van der Waals surface area contributed by atoms with Crippen LogP contribution in [0.4, 0.5) is 5.69 Å². The lowest BCUT2D eigenvalue weighted by molar-refractivity contribution is 0.603. The highest BCUT2D eigenvalue weighted by Gasteiger charge is 2.20. The monoisotopic (exact) mass is 384 g/mol. The first-order valence-corrected chi connectivity index (χ1v) is 9.14. The fraction of sp³-hybridized carbons (Fsp3) is 0.167. The van der Waals surface area contributed by atoms with Gasteiger partial charge in [-0.3, -0.25) is 4.72 Å². The molecule has 0 saturated carbocycles. The maximum atomic E-state index is 12.4. The lowest BCUT2D eigenvalue weighted by Gasteiger charge is -2.09. The summed E-state index contributed by atoms with van der Waals surface area (Å²) in [4.78, 5) is 0.815. The van der Waals surface area contributed by atoms with Crippen LogP contribution in [0.15, 0.2) is 22.4 Å². The standard InChI is InChI=1S/C12H11Cl3N2O2S2/c1-6-2-12(20-11(6)5-16)21(18,19)17-10-4-8(14)7(13)3-9(10)15/h2-4,17H,5,16H2,1H3. The molecular formula is C12H11Cl3N2O2S2. The van der Waals surface area contributed by atoms with E-state index in [2.05, 4.69) is 4.72 Å². The normalized spacial score (nSPS) is 11.7. The van der Waals surface area contributed by atoms with Gasteiger partial charge in [-0.15, -0.1) is 11.3 Å². The number of anilines is 1. The Bertz CT molecular complexity index is 788. The first-order chi connectivity index (χ1) is 9.74. The Balaban J connectivity index is 2.39. The average Bonchev–Trinajstić information content (AvgIpc) is 2.78. The average molecular weight is 386 g/mol. The molecule has 1 aromatic carbocycles. The SMILES string of the molecule is Cc1cc(S(=O)(=O)Nc2cc(Cl)c(Cl)cc2Cl)sc1CN. The van der Waals surface area contributed by atoms with Crippen molar-refractivity contribution in [2.24, 2.45) is 5.73 Å². The summed E-state index contributed by atoms with van der Waals surface area (Å²) in [6, 6.07) is 4.32. The first-order valence-electron chi connectivity index (χ1n) is 5.71. The van der Waals surface area contributed by atoms with Gasteiger partial charge in [0.2, 0.25) is 0 Å². The summed E-state index contributed by atoms with van der Waals surface area (Å²) in [7, 11) is -3.75. The van der Waals surface area contributed by atoms with Crippen LogP contribution in [0.3, 0.4) is 0 Å². The van der Waals surface area contributed by atoms with Crippen LogP contribution >= 0.6 is 46.1 Å². The number of aryl methyl sites for hydroxylation is 1. The second kappa shape index (κ2) is 6.32. The molecule has 0 aliphatic carbocycles. The molecule has 3 N–H and O–H groups in total. The van der Waals surface area contributed by atoms with Crippen LogP contribution in [0.1, 0.15) is 10.4 Å². The summed E-state index contributed by atoms with van der Waals surface area (Å²) in [6.45, 7) is 2.10. The highest BCUT2D eigenvalue weighted by atomic mass is 35.5. The minimum absolute atomic E-state index is 0.167. The molecule has 2 aromatic rings. The molecule has 0 aliphatic heterocycles. The van der Waals surface area contributed by atoms with Crippen LogP contribution in [0, 0.1) is 6.92 Å². The Kier molecular flexibility index (Phi) is 5.07. The minimum Gasteiger partial charge on any atom is -0.326 e. The van der Waals surface area contributed by atoms with E-state index in [4.69, 9.17) is 40.5 Å². The predicted molar refractivity (Wildman–Crippen MR) is 89.2 cm³/mol. The van der Waals surface area contributed by atoms with Crippen molar-refractivity contribution in [2.45, 2.75) is 17.7 Å². The zero-order chi connectivity index (χ0) is 15.8. The zero-order valence-corrected chi connectivity index (χ0v) is 14.7. The van der Waals surface area contributed by atoms with Crippen molar-refractivity contribution in [3.8, 4) is 0 Å². The van der Waals surface area contributed by atoms with Crippen LogP contribution in [-0.4, -0.2) is 8.42 Å². The molecule has 4 nitrogen and oxygen atoms in total. The molecule has 114 valence electrons. The van der Waals surface area contributed by atoms with Crippen molar-refractivity contribution in [1.82, 2.24) is 0 Å². The number of rotatable bonds is 4. The Morgan fingerprint density at radius 2 is 1.76 bits per heavy atom. The van der Waals surface area contributed by atoms with Gasteiger partial charge in [0, 0.05) is 11.4 Å². The van der Waals surface area contributed by atoms with E-state index in [-0.39, 0.29) is 25.0 Å². The van der Waals surface area contributed by atoms with Gasteiger partial charge in [0.25, 0.3) is 10.0 Å². The Morgan fingerprint density at radius 1 is 1.14 bits per heavy atom. The number of thiophene rings is 1. The molecule has 0 aliphatic rings. The van der Waals surface area contributed by atoms with Gasteiger partial charge in [-0.2, -0.15) is 0 Å². The van der Waals surface area contributed by atoms with Gasteiger partial charge in [-0.25, -0.2) is 8.42 Å². The maximum absolute atomic E-state index is 12.4. The largest absolute Gasteiger partial charge is 0.326 e. The number of nitrogens with one attached hydrogen (secondary N) is 1. The summed E-state index contributed by atoms with van der Waals surface area (Å²) in [5.74, 6) is 0. The molecule has 1 heterocycles. The van der Waals surface area contributed by atoms with Gasteiger partial charge in [0.05, 0.1) is 20.8 Å². The quantitative estimate of drug-likeness (QED) is 0.772. The third kappa shape index (κ3) is 3.64. The molecule has 0 saturated heterocycles. The second-order valence-electron chi connectivity index (χ2n) is 4.23. The fourth-order valence-electron chi connectivity index (χ4n) is 1.62. The van der Waals surface area contributed by atoms with Crippen molar-refractivity contribution in [2.75, 3.05) is 4.72 Å². The van der Waals surface area contributed by atoms with Crippen molar-refractivity contribution in [3.63, 3.8) is 0 Å². The smallest absolute Gasteiger partial charge is 0.271 e. The summed E-state index contributed by atoms with van der Waals surface area (Å²) in [6.07, 6.45) is 0. The topological polar surface area (TPSA) is 72.2 Å². The van der Waals surface area contributed by atoms with Crippen molar-refractivity contribution >= 4 is 61.9 Å². The van der Waals surface area contributed by atoms with Crippen LogP contribution in [0.25, 0.3) is 0 Å². The van der Waals surface area contributed by atoms with Crippen molar-refractivity contribution < 1.29 is 8.42 Å². The lowest BCUT2D eigenvalue weighted by Crippen LogP contribution is -2.11. The summed E-state index contributed by atoms with van der Waals surface area (Å²) in [5.41, 5.74) is 6.57. The summed E-state index contributed by atoms with van der Waals surface area (Å²) < 4.78 is 27.3. The molecule has 1 aromatic heterocycles. The van der Waals surface area contributed by atoms with Gasteiger partial charge in [-0.05, 0) is 30.7 Å². The Labute approximate surface area is 141 Å². The Morgan fingerprint density at radius 3 is 2.33 bits per heavy atom. The first kappa shape index (κ1) is 16.9. The molecular weight excluding hydrogens is 375 g/mol. The van der Waals surface area contributed by atoms with E-state index >= 15 is 0 Å². The Hall–Kier alpha value is -0.500. The van der Waals surface area contributed by atoms with Crippen LogP contribution in [0.5, 0.6) is 0 Å². The lowest BCUT2D eigenvalue weighted by atomic mass is 10.3. The molecule has 0 radical (unpaired) electrons. The summed E-state index contributed by atoms with van der Waals surface area (Å²) in [5, 5.41) is 0.631. The van der Waals surface area contributed by atoms with Gasteiger partial charge < -0.3 is 5.73 Å². The molecule has 0 spiro atoms. The van der Waals surface area contributed by atoms with E-state index in [1.165, 1.54) is 12.1 Å². The van der Waals surface area contributed by atoms with E-state index in [0.717, 1.165) is 21.8 Å². The zero-order valence-electron chi connectivity index (χ0n) is 10.8. The van der Waals surface area contributed by atoms with Crippen molar-refractivity contribution in [3.05, 3.63) is 43.7 Å². The number of benzene rings is 1. The third-order valence-electron chi connectivity index (χ3n) is 2.70. The molecule has 0 atom stereocenters. The minimum atomic E-state index is -3.75. The van der Waals surface area contributed by atoms with Gasteiger partial charge in [0.1, 0.15) is 4.21 Å². The van der Waals surface area contributed by atoms with Crippen molar-refractivity contribution in [1.29, 1.82) is 0 Å². The molecule has 2 rings (SSSR count). The highest BCUT2D eigenvalue weighted by molar-refractivity contribution is 7.94. The molecule has 0 unspecified atom stereocenters. The number of sulfonamides is 1. The summed E-state index contributed by atoms with van der Waals surface area (Å²) >= 11 is 18.8. The number of hydrogen-bond acceptors (Lipinski definition) is 4. The third-order valence-corrected chi connectivity index (χ3v) is 6.84. The van der Waals surface area contributed by atoms with E-state index < -0.39 is 10.0 Å². The van der Waals surface area contributed by atoms with Gasteiger partial charge in [-0.1, -0.05) is 34.8 Å². The van der Waals surface area contributed by atoms with E-state index in [0.29, 0.717) is 6.54 Å². The van der Waals surface area contributed by atoms with E-state index in [9.17, 15) is 8.42 Å². The van der Waals surface area contributed by atoms with E-state index in [1.807, 2.05) is 6.92 Å². The molecule has 0 fully saturated rings. The van der Waals surface area contributed by atoms with E-state index in [1.54, 1.807) is 6.07 Å². The number of halogens is 3. The van der Waals surface area contributed by atoms with Gasteiger partial charge in [0.15, 0.2) is 0 Å². The van der Waals surface area contributed by atoms with Crippen LogP contribution in [-0.2, 0) is 16.6 Å². The number of hydrogen-bond donors (Lipinski definition) is 2. The molecule has 9 heteroatoms. The molecule has 0 bridgehead atoms. The maximum Gasteiger partial charge on any atom is 0.271 e. The highest BCUT2D eigenvalue weighted by Crippen LogP contribution is 2.34. The second-order valence-corrected chi connectivity index (χ2v) is 8.50. The number of nitrogens with two attached hydrogens (primary N) is 1. The fourth-order valence-corrected chi connectivity index (χ4v) is 4.81. The predicted octanol–water partition coefficient (Wildman–Crippen LogP) is 4.28. The van der Waals surface area contributed by atoms with Crippen LogP contribution < -0.4 is 10.5 Å². The molecule has 0 amide bonds. The van der Waals surface area contributed by atoms with Gasteiger partial charge >= 0.3 is 0 Å². The van der Waals surface area contributed by atoms with Crippen LogP contribution in [0.2, 0.25) is 15.1 Å². The molecule has 21 heavy (non-hydrogen) atoms.